The van der Waals surface area contributed by atoms with Gasteiger partial charge in [0.1, 0.15) is 0 Å². The van der Waals surface area contributed by atoms with E-state index in [4.69, 9.17) is 0 Å². The Morgan fingerprint density at radius 3 is 3.06 bits per heavy atom. The lowest BCUT2D eigenvalue weighted by atomic mass is 10.1. The van der Waals surface area contributed by atoms with Crippen LogP contribution in [0.2, 0.25) is 0 Å². The topological polar surface area (TPSA) is 55.6 Å². The van der Waals surface area contributed by atoms with Crippen LogP contribution in [0.15, 0.2) is 24.3 Å². The van der Waals surface area contributed by atoms with E-state index in [0.717, 1.165) is 24.5 Å². The summed E-state index contributed by atoms with van der Waals surface area (Å²) in [4.78, 5) is 0. The summed E-state index contributed by atoms with van der Waals surface area (Å²) < 4.78 is 1.81. The van der Waals surface area contributed by atoms with Gasteiger partial charge in [0, 0.05) is 6.04 Å². The number of tetrazole rings is 1. The molecule has 3 rings (SSSR count). The standard InChI is InChI=1S/C13H17N5/c1-2-10-4-3-5-12(8-10)18-13(15-16-17-18)9-14-11-6-7-11/h3-5,8,11,14H,2,6-7,9H2,1H3. The molecule has 0 radical (unpaired) electrons. The van der Waals surface area contributed by atoms with E-state index in [9.17, 15) is 0 Å². The minimum absolute atomic E-state index is 0.664. The van der Waals surface area contributed by atoms with E-state index in [2.05, 4.69) is 39.9 Å². The Kier molecular flexibility index (Phi) is 3.06. The fraction of sp³-hybridized carbons (Fsp3) is 0.462. The summed E-state index contributed by atoms with van der Waals surface area (Å²) in [6, 6.07) is 9.01. The highest BCUT2D eigenvalue weighted by molar-refractivity contribution is 5.35. The Bertz CT molecular complexity index is 530. The highest BCUT2D eigenvalue weighted by Crippen LogP contribution is 2.19. The number of aromatic nitrogens is 4. The first kappa shape index (κ1) is 11.3. The van der Waals surface area contributed by atoms with Crippen LogP contribution in [0.3, 0.4) is 0 Å². The van der Waals surface area contributed by atoms with Gasteiger partial charge in [-0.2, -0.15) is 4.68 Å². The fourth-order valence-electron chi connectivity index (χ4n) is 1.95. The lowest BCUT2D eigenvalue weighted by Gasteiger charge is -2.06. The van der Waals surface area contributed by atoms with Crippen molar-refractivity contribution in [2.75, 3.05) is 0 Å². The average molecular weight is 243 g/mol. The van der Waals surface area contributed by atoms with Crippen LogP contribution in [0.25, 0.3) is 5.69 Å². The van der Waals surface area contributed by atoms with Crippen molar-refractivity contribution in [3.05, 3.63) is 35.7 Å². The van der Waals surface area contributed by atoms with Crippen LogP contribution >= 0.6 is 0 Å². The molecule has 1 aliphatic carbocycles. The van der Waals surface area contributed by atoms with Gasteiger partial charge in [-0.1, -0.05) is 19.1 Å². The smallest absolute Gasteiger partial charge is 0.170 e. The van der Waals surface area contributed by atoms with Crippen LogP contribution in [-0.2, 0) is 13.0 Å². The minimum atomic E-state index is 0.664. The molecule has 0 bridgehead atoms. The molecular weight excluding hydrogens is 226 g/mol. The van der Waals surface area contributed by atoms with Crippen LogP contribution in [0.4, 0.5) is 0 Å². The minimum Gasteiger partial charge on any atom is -0.307 e. The quantitative estimate of drug-likeness (QED) is 0.864. The van der Waals surface area contributed by atoms with Gasteiger partial charge in [0.2, 0.25) is 0 Å². The molecule has 1 saturated carbocycles. The number of rotatable bonds is 5. The molecule has 0 saturated heterocycles. The molecule has 1 aromatic heterocycles. The Morgan fingerprint density at radius 1 is 1.39 bits per heavy atom. The maximum absolute atomic E-state index is 4.09. The molecule has 1 fully saturated rings. The van der Waals surface area contributed by atoms with E-state index < -0.39 is 0 Å². The molecule has 5 nitrogen and oxygen atoms in total. The van der Waals surface area contributed by atoms with Gasteiger partial charge in [-0.15, -0.1) is 5.10 Å². The molecule has 1 heterocycles. The van der Waals surface area contributed by atoms with Gasteiger partial charge < -0.3 is 5.32 Å². The maximum Gasteiger partial charge on any atom is 0.170 e. The zero-order chi connectivity index (χ0) is 12.4. The normalized spacial score (nSPS) is 14.9. The van der Waals surface area contributed by atoms with Crippen molar-refractivity contribution in [2.45, 2.75) is 38.8 Å². The van der Waals surface area contributed by atoms with Crippen molar-refractivity contribution in [2.24, 2.45) is 0 Å². The number of nitrogens with zero attached hydrogens (tertiary/aromatic N) is 4. The lowest BCUT2D eigenvalue weighted by molar-refractivity contribution is 0.637. The third kappa shape index (κ3) is 2.41. The van der Waals surface area contributed by atoms with Gasteiger partial charge in [-0.25, -0.2) is 0 Å². The van der Waals surface area contributed by atoms with Crippen molar-refractivity contribution >= 4 is 0 Å². The zero-order valence-corrected chi connectivity index (χ0v) is 10.5. The molecule has 0 amide bonds. The second-order valence-corrected chi connectivity index (χ2v) is 4.69. The largest absolute Gasteiger partial charge is 0.307 e. The summed E-state index contributed by atoms with van der Waals surface area (Å²) in [5, 5.41) is 15.4. The van der Waals surface area contributed by atoms with Gasteiger partial charge in [0.15, 0.2) is 5.82 Å². The van der Waals surface area contributed by atoms with E-state index in [1.165, 1.54) is 18.4 Å². The number of nitrogens with one attached hydrogen (secondary N) is 1. The number of hydrogen-bond acceptors (Lipinski definition) is 4. The summed E-state index contributed by atoms with van der Waals surface area (Å²) in [6.07, 6.45) is 3.56. The highest BCUT2D eigenvalue weighted by atomic mass is 15.5. The predicted molar refractivity (Wildman–Crippen MR) is 68.4 cm³/mol. The molecule has 0 aliphatic heterocycles. The number of aryl methyl sites for hydroxylation is 1. The van der Waals surface area contributed by atoms with E-state index >= 15 is 0 Å². The zero-order valence-electron chi connectivity index (χ0n) is 10.5. The SMILES string of the molecule is CCc1cccc(-n2nnnc2CNC2CC2)c1. The van der Waals surface area contributed by atoms with E-state index in [-0.39, 0.29) is 0 Å². The van der Waals surface area contributed by atoms with Crippen LogP contribution in [0.5, 0.6) is 0 Å². The lowest BCUT2D eigenvalue weighted by Crippen LogP contribution is -2.18. The maximum atomic E-state index is 4.09. The molecule has 18 heavy (non-hydrogen) atoms. The van der Waals surface area contributed by atoms with Crippen LogP contribution < -0.4 is 5.32 Å². The number of benzene rings is 1. The van der Waals surface area contributed by atoms with Crippen molar-refractivity contribution in [3.8, 4) is 5.69 Å². The third-order valence-electron chi connectivity index (χ3n) is 3.22. The van der Waals surface area contributed by atoms with E-state index in [1.807, 2.05) is 16.8 Å². The Morgan fingerprint density at radius 2 is 2.28 bits per heavy atom. The summed E-state index contributed by atoms with van der Waals surface area (Å²) in [5.74, 6) is 0.871. The summed E-state index contributed by atoms with van der Waals surface area (Å²) in [6.45, 7) is 2.88. The predicted octanol–water partition coefficient (Wildman–Crippen LogP) is 1.48. The molecule has 94 valence electrons. The Hall–Kier alpha value is -1.75. The molecule has 2 aromatic rings. The first-order chi connectivity index (χ1) is 8.86. The third-order valence-corrected chi connectivity index (χ3v) is 3.22. The molecular formula is C13H17N5. The molecule has 1 aromatic carbocycles. The van der Waals surface area contributed by atoms with Gasteiger partial charge in [-0.05, 0) is 47.4 Å². The van der Waals surface area contributed by atoms with Crippen molar-refractivity contribution in [1.82, 2.24) is 25.5 Å². The van der Waals surface area contributed by atoms with Crippen molar-refractivity contribution < 1.29 is 0 Å². The second kappa shape index (κ2) is 4.86. The van der Waals surface area contributed by atoms with Crippen molar-refractivity contribution in [1.29, 1.82) is 0 Å². The van der Waals surface area contributed by atoms with Gasteiger partial charge >= 0.3 is 0 Å². The highest BCUT2D eigenvalue weighted by Gasteiger charge is 2.21. The molecule has 1 N–H and O–H groups in total. The monoisotopic (exact) mass is 243 g/mol. The summed E-state index contributed by atoms with van der Waals surface area (Å²) in [7, 11) is 0. The first-order valence-corrected chi connectivity index (χ1v) is 6.47. The number of hydrogen-bond donors (Lipinski definition) is 1. The molecule has 0 atom stereocenters. The van der Waals surface area contributed by atoms with Gasteiger partial charge in [0.05, 0.1) is 12.2 Å². The van der Waals surface area contributed by atoms with Crippen LogP contribution in [0.1, 0.15) is 31.2 Å². The van der Waals surface area contributed by atoms with E-state index in [0.29, 0.717) is 6.04 Å². The summed E-state index contributed by atoms with van der Waals surface area (Å²) in [5.41, 5.74) is 2.33. The Labute approximate surface area is 106 Å². The fourth-order valence-corrected chi connectivity index (χ4v) is 1.95. The first-order valence-electron chi connectivity index (χ1n) is 6.47. The van der Waals surface area contributed by atoms with Crippen LogP contribution in [0, 0.1) is 0 Å². The van der Waals surface area contributed by atoms with Gasteiger partial charge in [-0.3, -0.25) is 0 Å². The Balaban J connectivity index is 1.83. The van der Waals surface area contributed by atoms with Gasteiger partial charge in [0.25, 0.3) is 0 Å². The molecule has 0 spiro atoms. The molecule has 0 unspecified atom stereocenters. The average Bonchev–Trinajstić information content (AvgIpc) is 3.13. The van der Waals surface area contributed by atoms with Crippen molar-refractivity contribution in [3.63, 3.8) is 0 Å². The van der Waals surface area contributed by atoms with Crippen LogP contribution in [-0.4, -0.2) is 26.2 Å². The second-order valence-electron chi connectivity index (χ2n) is 4.69. The molecule has 1 aliphatic rings. The van der Waals surface area contributed by atoms with E-state index in [1.54, 1.807) is 0 Å². The molecule has 5 heteroatoms. The summed E-state index contributed by atoms with van der Waals surface area (Å²) >= 11 is 0.